The Kier molecular flexibility index (Phi) is 13.4. The molecule has 1 fully saturated rings. The summed E-state index contributed by atoms with van der Waals surface area (Å²) in [6.45, 7) is 6.60. The maximum absolute atomic E-state index is 13.5. The predicted molar refractivity (Wildman–Crippen MR) is 180 cm³/mol. The first-order valence-electron chi connectivity index (χ1n) is 14.1. The SMILES string of the molecule is COc1c(Br)cc(-c2csc(C3CCN(C(=O)OC(C)(C)C)CC3)n2)cc1C(F)(F)F.COc1c(Br)cc(C(=O)CBr)cc1C(F)(F)F. The van der Waals surface area contributed by atoms with Crippen molar-refractivity contribution in [1.29, 1.82) is 0 Å². The van der Waals surface area contributed by atoms with Gasteiger partial charge in [-0.25, -0.2) is 9.78 Å². The van der Waals surface area contributed by atoms with Crippen LogP contribution in [-0.4, -0.2) is 60.0 Å². The van der Waals surface area contributed by atoms with Crippen LogP contribution in [0.5, 0.6) is 11.5 Å². The second kappa shape index (κ2) is 16.1. The van der Waals surface area contributed by atoms with Crippen molar-refractivity contribution < 1.29 is 50.1 Å². The maximum atomic E-state index is 13.5. The van der Waals surface area contributed by atoms with Crippen LogP contribution in [-0.2, 0) is 17.1 Å². The maximum Gasteiger partial charge on any atom is 0.420 e. The molecule has 2 aromatic carbocycles. The van der Waals surface area contributed by atoms with Gasteiger partial charge in [-0.15, -0.1) is 11.3 Å². The zero-order chi connectivity index (χ0) is 36.2. The minimum atomic E-state index is -4.57. The van der Waals surface area contributed by atoms with Crippen molar-refractivity contribution in [2.45, 2.75) is 57.5 Å². The highest BCUT2D eigenvalue weighted by Crippen LogP contribution is 2.44. The van der Waals surface area contributed by atoms with Crippen LogP contribution < -0.4 is 9.47 Å². The van der Waals surface area contributed by atoms with E-state index in [1.165, 1.54) is 24.5 Å². The average molecular weight is 897 g/mol. The monoisotopic (exact) mass is 894 g/mol. The molecule has 1 aliphatic heterocycles. The Morgan fingerprint density at radius 1 is 0.896 bits per heavy atom. The Morgan fingerprint density at radius 3 is 1.90 bits per heavy atom. The number of ketones is 1. The number of hydrogen-bond donors (Lipinski definition) is 0. The highest BCUT2D eigenvalue weighted by molar-refractivity contribution is 9.11. The molecule has 0 aliphatic carbocycles. The number of halogens is 9. The van der Waals surface area contributed by atoms with Gasteiger partial charge < -0.3 is 19.1 Å². The van der Waals surface area contributed by atoms with Gasteiger partial charge in [-0.05, 0) is 89.7 Å². The molecule has 4 rings (SSSR count). The number of amides is 1. The summed E-state index contributed by atoms with van der Waals surface area (Å²) < 4.78 is 93.9. The second-order valence-corrected chi connectivity index (χ2v) is 14.6. The predicted octanol–water partition coefficient (Wildman–Crippen LogP) is 10.8. The third kappa shape index (κ3) is 10.3. The van der Waals surface area contributed by atoms with Crippen LogP contribution >= 0.6 is 59.1 Å². The van der Waals surface area contributed by atoms with Gasteiger partial charge in [-0.1, -0.05) is 15.9 Å². The highest BCUT2D eigenvalue weighted by Gasteiger charge is 2.37. The van der Waals surface area contributed by atoms with E-state index in [1.807, 2.05) is 20.8 Å². The van der Waals surface area contributed by atoms with E-state index in [4.69, 9.17) is 9.47 Å². The van der Waals surface area contributed by atoms with Crippen molar-refractivity contribution in [3.05, 3.63) is 60.3 Å². The Hall–Kier alpha value is -2.37. The Balaban J connectivity index is 0.000000311. The van der Waals surface area contributed by atoms with Gasteiger partial charge in [0.2, 0.25) is 0 Å². The standard InChI is InChI=1S/C21H24BrF3N2O3S.C10H7Br2F3O2/c1-20(2,3)30-19(28)27-7-5-12(6-8-27)18-26-16(11-31-18)13-9-14(21(23,24)25)17(29-4)15(22)10-13;1-17-9-6(10(13,14)15)2-5(3-7(9)12)8(16)4-11/h9-12H,5-8H2,1-4H3;2-3H,4H2,1H3. The van der Waals surface area contributed by atoms with Gasteiger partial charge >= 0.3 is 18.4 Å². The number of methoxy groups -OCH3 is 2. The molecule has 1 saturated heterocycles. The van der Waals surface area contributed by atoms with Gasteiger partial charge in [0.05, 0.1) is 50.3 Å². The van der Waals surface area contributed by atoms with Gasteiger partial charge in [0.1, 0.15) is 17.1 Å². The van der Waals surface area contributed by atoms with Crippen molar-refractivity contribution in [1.82, 2.24) is 9.88 Å². The number of hydrogen-bond acceptors (Lipinski definition) is 7. The number of aromatic nitrogens is 1. The Bertz CT molecular complexity index is 1620. The summed E-state index contributed by atoms with van der Waals surface area (Å²) >= 11 is 10.5. The van der Waals surface area contributed by atoms with Crippen LogP contribution in [0.25, 0.3) is 11.3 Å². The topological polar surface area (TPSA) is 78.0 Å². The number of alkyl halides is 7. The number of ether oxygens (including phenoxy) is 3. The molecule has 0 N–H and O–H groups in total. The van der Waals surface area contributed by atoms with Crippen LogP contribution in [0.1, 0.15) is 66.0 Å². The van der Waals surface area contributed by atoms with Gasteiger partial charge in [0, 0.05) is 35.5 Å². The van der Waals surface area contributed by atoms with E-state index < -0.39 is 34.9 Å². The summed E-state index contributed by atoms with van der Waals surface area (Å²) in [5.41, 5.74) is -1.53. The number of rotatable bonds is 6. The molecule has 48 heavy (non-hydrogen) atoms. The lowest BCUT2D eigenvalue weighted by Crippen LogP contribution is -2.41. The fourth-order valence-electron chi connectivity index (χ4n) is 4.65. The number of carbonyl (C=O) groups excluding carboxylic acids is 2. The van der Waals surface area contributed by atoms with Crippen molar-refractivity contribution in [2.24, 2.45) is 0 Å². The molecule has 264 valence electrons. The molecule has 3 aromatic rings. The fraction of sp³-hybridized carbons (Fsp3) is 0.452. The lowest BCUT2D eigenvalue weighted by Gasteiger charge is -2.32. The van der Waals surface area contributed by atoms with Crippen LogP contribution in [0.15, 0.2) is 38.6 Å². The lowest BCUT2D eigenvalue weighted by molar-refractivity contribution is -0.139. The van der Waals surface area contributed by atoms with Crippen molar-refractivity contribution in [2.75, 3.05) is 32.6 Å². The number of Topliss-reactive ketones (excluding diaryl/α,β-unsaturated/α-hetero) is 1. The minimum absolute atomic E-state index is 0.0260. The number of carbonyl (C=O) groups is 2. The van der Waals surface area contributed by atoms with E-state index in [0.29, 0.717) is 24.3 Å². The zero-order valence-electron chi connectivity index (χ0n) is 26.2. The third-order valence-corrected chi connectivity index (χ3v) is 9.56. The van der Waals surface area contributed by atoms with Crippen LogP contribution in [0.3, 0.4) is 0 Å². The summed E-state index contributed by atoms with van der Waals surface area (Å²) in [6.07, 6.45) is -7.99. The number of thiazole rings is 1. The molecule has 0 saturated carbocycles. The van der Waals surface area contributed by atoms with E-state index in [0.717, 1.165) is 37.1 Å². The molecular formula is C31H31Br3F6N2O5S. The fourth-order valence-corrected chi connectivity index (χ4v) is 7.22. The summed E-state index contributed by atoms with van der Waals surface area (Å²) in [5, 5.41) is 2.59. The number of likely N-dealkylation sites (tertiary alicyclic amines) is 1. The molecule has 0 bridgehead atoms. The van der Waals surface area contributed by atoms with Gasteiger partial charge in [0.15, 0.2) is 5.78 Å². The summed E-state index contributed by atoms with van der Waals surface area (Å²) in [7, 11) is 2.35. The number of nitrogens with zero attached hydrogens (tertiary/aromatic N) is 2. The minimum Gasteiger partial charge on any atom is -0.495 e. The second-order valence-electron chi connectivity index (χ2n) is 11.4. The summed E-state index contributed by atoms with van der Waals surface area (Å²) in [4.78, 5) is 29.9. The first kappa shape index (κ1) is 40.1. The molecule has 1 aliphatic rings. The molecule has 0 atom stereocenters. The first-order valence-corrected chi connectivity index (χ1v) is 17.7. The highest BCUT2D eigenvalue weighted by atomic mass is 79.9. The van der Waals surface area contributed by atoms with Crippen molar-refractivity contribution in [3.63, 3.8) is 0 Å². The molecule has 1 amide bonds. The normalized spacial score (nSPS) is 14.2. The molecular weight excluding hydrogens is 866 g/mol. The van der Waals surface area contributed by atoms with Gasteiger partial charge in [-0.2, -0.15) is 26.3 Å². The Morgan fingerprint density at radius 2 is 1.42 bits per heavy atom. The largest absolute Gasteiger partial charge is 0.495 e. The third-order valence-electron chi connectivity index (χ3n) is 6.86. The molecule has 0 radical (unpaired) electrons. The van der Waals surface area contributed by atoms with Crippen molar-refractivity contribution >= 4 is 71.0 Å². The van der Waals surface area contributed by atoms with E-state index in [-0.39, 0.29) is 43.3 Å². The van der Waals surface area contributed by atoms with Crippen molar-refractivity contribution in [3.8, 4) is 22.8 Å². The zero-order valence-corrected chi connectivity index (χ0v) is 31.8. The molecule has 7 nitrogen and oxygen atoms in total. The molecule has 1 aromatic heterocycles. The molecule has 2 heterocycles. The Labute approximate surface area is 302 Å². The quantitative estimate of drug-likeness (QED) is 0.139. The van der Waals surface area contributed by atoms with Gasteiger partial charge in [-0.3, -0.25) is 4.79 Å². The lowest BCUT2D eigenvalue weighted by atomic mass is 9.98. The number of piperidine rings is 1. The summed E-state index contributed by atoms with van der Waals surface area (Å²) in [5.74, 6) is -0.857. The number of benzene rings is 2. The van der Waals surface area contributed by atoms with E-state index in [1.54, 1.807) is 16.3 Å². The summed E-state index contributed by atoms with van der Waals surface area (Å²) in [6, 6.07) is 4.73. The van der Waals surface area contributed by atoms with Crippen LogP contribution in [0.4, 0.5) is 31.1 Å². The van der Waals surface area contributed by atoms with E-state index >= 15 is 0 Å². The average Bonchev–Trinajstić information content (AvgIpc) is 3.49. The smallest absolute Gasteiger partial charge is 0.420 e. The molecule has 17 heteroatoms. The molecule has 0 spiro atoms. The van der Waals surface area contributed by atoms with Gasteiger partial charge in [0.25, 0.3) is 0 Å². The molecule has 0 unspecified atom stereocenters. The van der Waals surface area contributed by atoms with E-state index in [9.17, 15) is 35.9 Å². The van der Waals surface area contributed by atoms with E-state index in [2.05, 4.69) is 57.5 Å². The van der Waals surface area contributed by atoms with Crippen LogP contribution in [0, 0.1) is 0 Å². The van der Waals surface area contributed by atoms with Crippen LogP contribution in [0.2, 0.25) is 0 Å². The first-order chi connectivity index (χ1) is 22.2.